The molecule has 0 radical (unpaired) electrons. The zero-order valence-electron chi connectivity index (χ0n) is 11.3. The van der Waals surface area contributed by atoms with E-state index in [-0.39, 0.29) is 11.6 Å². The van der Waals surface area contributed by atoms with E-state index in [4.69, 9.17) is 0 Å². The fraction of sp³-hybridized carbons (Fsp3) is 0.308. The van der Waals surface area contributed by atoms with Crippen molar-refractivity contribution in [3.05, 3.63) is 46.3 Å². The van der Waals surface area contributed by atoms with E-state index in [1.54, 1.807) is 17.7 Å². The Morgan fingerprint density at radius 2 is 2.05 bits per heavy atom. The Kier molecular flexibility index (Phi) is 4.62. The Bertz CT molecular complexity index is 710. The minimum absolute atomic E-state index is 0.0592. The highest BCUT2D eigenvalue weighted by Crippen LogP contribution is 2.16. The van der Waals surface area contributed by atoms with Crippen molar-refractivity contribution >= 4 is 26.0 Å². The van der Waals surface area contributed by atoms with Gasteiger partial charge in [0.05, 0.1) is 0 Å². The number of halogens is 1. The molecule has 0 aliphatic rings. The SMILES string of the molecule is CCn1cc(S(=O)(=O)NCc2ccccc2Br)nc1C. The van der Waals surface area contributed by atoms with Gasteiger partial charge in [-0.05, 0) is 25.5 Å². The van der Waals surface area contributed by atoms with Gasteiger partial charge >= 0.3 is 0 Å². The van der Waals surface area contributed by atoms with Crippen LogP contribution in [0.3, 0.4) is 0 Å². The number of nitrogens with one attached hydrogen (secondary N) is 1. The van der Waals surface area contributed by atoms with E-state index >= 15 is 0 Å². The van der Waals surface area contributed by atoms with Crippen LogP contribution in [-0.2, 0) is 23.1 Å². The number of aryl methyl sites for hydroxylation is 2. The summed E-state index contributed by atoms with van der Waals surface area (Å²) < 4.78 is 29.6. The molecule has 1 heterocycles. The van der Waals surface area contributed by atoms with Gasteiger partial charge in [-0.1, -0.05) is 34.1 Å². The second kappa shape index (κ2) is 6.07. The van der Waals surface area contributed by atoms with Gasteiger partial charge in [-0.2, -0.15) is 0 Å². The normalized spacial score (nSPS) is 11.8. The van der Waals surface area contributed by atoms with Crippen LogP contribution < -0.4 is 4.72 Å². The average molecular weight is 358 g/mol. The van der Waals surface area contributed by atoms with E-state index < -0.39 is 10.0 Å². The highest BCUT2D eigenvalue weighted by atomic mass is 79.9. The number of hydrogen-bond donors (Lipinski definition) is 1. The van der Waals surface area contributed by atoms with Crippen LogP contribution in [0, 0.1) is 6.92 Å². The number of benzene rings is 1. The van der Waals surface area contributed by atoms with Gasteiger partial charge in [-0.3, -0.25) is 0 Å². The second-order valence-electron chi connectivity index (χ2n) is 4.33. The molecule has 0 bridgehead atoms. The molecular formula is C13H16BrN3O2S. The maximum Gasteiger partial charge on any atom is 0.259 e. The lowest BCUT2D eigenvalue weighted by Crippen LogP contribution is -2.23. The molecule has 0 aliphatic heterocycles. The van der Waals surface area contributed by atoms with E-state index in [0.29, 0.717) is 12.4 Å². The van der Waals surface area contributed by atoms with E-state index in [1.807, 2.05) is 31.2 Å². The molecule has 0 amide bonds. The van der Waals surface area contributed by atoms with E-state index in [9.17, 15) is 8.42 Å². The van der Waals surface area contributed by atoms with Crippen LogP contribution in [0.2, 0.25) is 0 Å². The van der Waals surface area contributed by atoms with E-state index in [0.717, 1.165) is 10.0 Å². The maximum atomic E-state index is 12.2. The third-order valence-electron chi connectivity index (χ3n) is 2.98. The topological polar surface area (TPSA) is 64.0 Å². The Morgan fingerprint density at radius 1 is 1.35 bits per heavy atom. The van der Waals surface area contributed by atoms with Gasteiger partial charge in [0.2, 0.25) is 0 Å². The first kappa shape index (κ1) is 15.2. The number of hydrogen-bond acceptors (Lipinski definition) is 3. The summed E-state index contributed by atoms with van der Waals surface area (Å²) in [6.45, 7) is 4.65. The van der Waals surface area contributed by atoms with Crippen molar-refractivity contribution in [3.8, 4) is 0 Å². The summed E-state index contributed by atoms with van der Waals surface area (Å²) in [5.41, 5.74) is 0.878. The lowest BCUT2D eigenvalue weighted by molar-refractivity contribution is 0.577. The van der Waals surface area contributed by atoms with Crippen LogP contribution >= 0.6 is 15.9 Å². The van der Waals surface area contributed by atoms with Crippen LogP contribution in [-0.4, -0.2) is 18.0 Å². The Balaban J connectivity index is 2.17. The Morgan fingerprint density at radius 3 is 2.65 bits per heavy atom. The summed E-state index contributed by atoms with van der Waals surface area (Å²) in [5.74, 6) is 0.689. The highest BCUT2D eigenvalue weighted by molar-refractivity contribution is 9.10. The molecule has 1 aromatic heterocycles. The van der Waals surface area contributed by atoms with Crippen molar-refractivity contribution in [2.45, 2.75) is 32.0 Å². The summed E-state index contributed by atoms with van der Waals surface area (Å²) in [4.78, 5) is 4.09. The van der Waals surface area contributed by atoms with Crippen LogP contribution in [0.1, 0.15) is 18.3 Å². The van der Waals surface area contributed by atoms with Gasteiger partial charge in [0.15, 0.2) is 5.03 Å². The van der Waals surface area contributed by atoms with Crippen LogP contribution in [0.5, 0.6) is 0 Å². The van der Waals surface area contributed by atoms with Crippen LogP contribution in [0.4, 0.5) is 0 Å². The standard InChI is InChI=1S/C13H16BrN3O2S/c1-3-17-9-13(16-10(17)2)20(18,19)15-8-11-6-4-5-7-12(11)14/h4-7,9,15H,3,8H2,1-2H3. The predicted molar refractivity (Wildman–Crippen MR) is 80.8 cm³/mol. The van der Waals surface area contributed by atoms with Crippen molar-refractivity contribution in [2.75, 3.05) is 0 Å². The molecule has 1 N–H and O–H groups in total. The maximum absolute atomic E-state index is 12.2. The largest absolute Gasteiger partial charge is 0.334 e. The first-order chi connectivity index (χ1) is 9.44. The van der Waals surface area contributed by atoms with Gasteiger partial charge < -0.3 is 4.57 Å². The molecule has 7 heteroatoms. The fourth-order valence-electron chi connectivity index (χ4n) is 1.82. The van der Waals surface area contributed by atoms with Crippen molar-refractivity contribution in [3.63, 3.8) is 0 Å². The average Bonchev–Trinajstić information content (AvgIpc) is 2.80. The Hall–Kier alpha value is -1.18. The smallest absolute Gasteiger partial charge is 0.259 e. The van der Waals surface area contributed by atoms with E-state index in [1.165, 1.54) is 0 Å². The molecule has 5 nitrogen and oxygen atoms in total. The summed E-state index contributed by atoms with van der Waals surface area (Å²) in [6, 6.07) is 7.49. The quantitative estimate of drug-likeness (QED) is 0.893. The Labute approximate surface area is 127 Å². The number of rotatable bonds is 5. The molecule has 0 saturated carbocycles. The van der Waals surface area contributed by atoms with Gasteiger partial charge in [-0.25, -0.2) is 18.1 Å². The van der Waals surface area contributed by atoms with Gasteiger partial charge in [0, 0.05) is 23.8 Å². The van der Waals surface area contributed by atoms with Crippen molar-refractivity contribution in [1.29, 1.82) is 0 Å². The third-order valence-corrected chi connectivity index (χ3v) is 5.03. The number of aromatic nitrogens is 2. The van der Waals surface area contributed by atoms with Crippen LogP contribution in [0.15, 0.2) is 40.0 Å². The molecule has 108 valence electrons. The van der Waals surface area contributed by atoms with Gasteiger partial charge in [0.25, 0.3) is 10.0 Å². The minimum atomic E-state index is -3.59. The number of sulfonamides is 1. The van der Waals surface area contributed by atoms with Crippen molar-refractivity contribution < 1.29 is 8.42 Å². The van der Waals surface area contributed by atoms with Crippen LogP contribution in [0.25, 0.3) is 0 Å². The summed E-state index contributed by atoms with van der Waals surface area (Å²) in [7, 11) is -3.59. The molecule has 0 fully saturated rings. The third kappa shape index (κ3) is 3.28. The molecule has 0 spiro atoms. The molecule has 0 saturated heterocycles. The monoisotopic (exact) mass is 357 g/mol. The fourth-order valence-corrected chi connectivity index (χ4v) is 3.25. The second-order valence-corrected chi connectivity index (χ2v) is 6.90. The zero-order valence-corrected chi connectivity index (χ0v) is 13.7. The van der Waals surface area contributed by atoms with Crippen molar-refractivity contribution in [2.24, 2.45) is 0 Å². The predicted octanol–water partition coefficient (Wildman–Crippen LogP) is 2.45. The molecule has 0 unspecified atom stereocenters. The van der Waals surface area contributed by atoms with Gasteiger partial charge in [0.1, 0.15) is 5.82 Å². The number of nitrogens with zero attached hydrogens (tertiary/aromatic N) is 2. The van der Waals surface area contributed by atoms with Crippen molar-refractivity contribution in [1.82, 2.24) is 14.3 Å². The first-order valence-corrected chi connectivity index (χ1v) is 8.48. The molecule has 1 aromatic carbocycles. The molecule has 0 aliphatic carbocycles. The first-order valence-electron chi connectivity index (χ1n) is 6.21. The van der Waals surface area contributed by atoms with E-state index in [2.05, 4.69) is 25.6 Å². The molecule has 0 atom stereocenters. The highest BCUT2D eigenvalue weighted by Gasteiger charge is 2.18. The molecule has 2 rings (SSSR count). The van der Waals surface area contributed by atoms with Gasteiger partial charge in [-0.15, -0.1) is 0 Å². The lowest BCUT2D eigenvalue weighted by atomic mass is 10.2. The lowest BCUT2D eigenvalue weighted by Gasteiger charge is -2.06. The summed E-state index contributed by atoms with van der Waals surface area (Å²) in [5, 5.41) is 0.0592. The number of imidazole rings is 1. The summed E-state index contributed by atoms with van der Waals surface area (Å²) in [6.07, 6.45) is 1.55. The zero-order chi connectivity index (χ0) is 14.8. The molecule has 20 heavy (non-hydrogen) atoms. The summed E-state index contributed by atoms with van der Waals surface area (Å²) >= 11 is 3.39. The molecule has 2 aromatic rings. The minimum Gasteiger partial charge on any atom is -0.334 e. The molecular weight excluding hydrogens is 342 g/mol.